The number of likely N-dealkylation sites (N-methyl/N-ethyl adjacent to an activating group) is 1. The quantitative estimate of drug-likeness (QED) is 0.0512. The third-order valence-corrected chi connectivity index (χ3v) is 14.5. The summed E-state index contributed by atoms with van der Waals surface area (Å²) < 4.78 is 55.9. The molecule has 2 bridgehead atoms. The Morgan fingerprint density at radius 1 is 1.00 bits per heavy atom. The fourth-order valence-corrected chi connectivity index (χ4v) is 9.35. The van der Waals surface area contributed by atoms with Gasteiger partial charge < -0.3 is 70.0 Å². The van der Waals surface area contributed by atoms with Gasteiger partial charge in [0.05, 0.1) is 82.5 Å². The Hall–Kier alpha value is -4.21. The number of benzene rings is 1. The number of ether oxygens (including phenoxy) is 8. The van der Waals surface area contributed by atoms with E-state index in [9.17, 15) is 29.0 Å². The SMILES string of the molecule is C=C1C2=C(NC(=O)OC)C(=O)C(O)N1C#C/C=C\C#CC2O.CCNC1CCC(OC2CO[C@H](C)C(F)C2)OC1.CCSSSC.CO.COc1cc(N)c(C(=O)OC2CCOC(C)C2N)cc1OC. The molecule has 1 aromatic rings. The van der Waals surface area contributed by atoms with Crippen LogP contribution < -0.4 is 31.6 Å². The second-order valence-corrected chi connectivity index (χ2v) is 19.8. The molecule has 392 valence electrons. The Morgan fingerprint density at radius 3 is 2.27 bits per heavy atom. The van der Waals surface area contributed by atoms with E-state index in [2.05, 4.69) is 65.9 Å². The first-order valence-corrected chi connectivity index (χ1v) is 26.4. The van der Waals surface area contributed by atoms with Gasteiger partial charge in [0, 0.05) is 55.5 Å². The van der Waals surface area contributed by atoms with E-state index in [1.54, 1.807) is 17.7 Å². The molecule has 1 amide bonds. The smallest absolute Gasteiger partial charge is 0.411 e. The van der Waals surface area contributed by atoms with Crippen molar-refractivity contribution in [1.29, 1.82) is 0 Å². The lowest BCUT2D eigenvalue weighted by molar-refractivity contribution is -0.223. The zero-order valence-corrected chi connectivity index (χ0v) is 43.6. The standard InChI is InChI=1S/C15H22N2O5.C15H12N2O5.C13H24FNO3.C3H8S3.CH4O/c1-8-14(17)11(4-5-21-8)22-15(18)9-6-12(19-2)13(20-3)7-10(9)16;1-9-11-10(18)7-5-3-4-6-8-17(9)14(20)13(19)12(11)16-15(21)22-2;1-3-15-10-4-5-13(17-7-10)18-11-6-12(14)9(2)16-8-11;1-3-5-6-4-2;1-2/h6-8,11,14H,4-5,16-17H2,1-3H3;3-4,10,14,18,20H,1H2,2H3,(H,16,21);9-13,15H,3-8H2,1-2H3;3H2,1-2H3;2H,1H3/b;4-3-;;;/t;;9-,10?,11?,12?,13?;;/m..1../s1. The van der Waals surface area contributed by atoms with Gasteiger partial charge in [-0.3, -0.25) is 15.0 Å². The van der Waals surface area contributed by atoms with Gasteiger partial charge in [-0.05, 0) is 61.5 Å². The van der Waals surface area contributed by atoms with Crippen LogP contribution in [0, 0.1) is 23.8 Å². The molecule has 0 saturated carbocycles. The number of rotatable bonds is 12. The van der Waals surface area contributed by atoms with E-state index in [4.69, 9.17) is 49.7 Å². The third kappa shape index (κ3) is 19.4. The number of halogens is 1. The molecule has 5 aliphatic heterocycles. The van der Waals surface area contributed by atoms with Crippen molar-refractivity contribution in [3.8, 4) is 35.3 Å². The van der Waals surface area contributed by atoms with E-state index < -0.39 is 42.5 Å². The molecule has 1 aromatic carbocycles. The number of hydrogen-bond acceptors (Lipinski definition) is 21. The summed E-state index contributed by atoms with van der Waals surface area (Å²) in [4.78, 5) is 37.0. The molecule has 5 aliphatic rings. The molecular formula is C47H70FN5O14S3. The molecule has 3 saturated heterocycles. The molecule has 5 heterocycles. The molecule has 10 atom stereocenters. The molecule has 0 spiro atoms. The van der Waals surface area contributed by atoms with Crippen LogP contribution >= 0.6 is 31.4 Å². The van der Waals surface area contributed by atoms with Crippen molar-refractivity contribution < 1.29 is 72.0 Å². The van der Waals surface area contributed by atoms with Crippen LogP contribution in [0.3, 0.4) is 0 Å². The predicted molar refractivity (Wildman–Crippen MR) is 270 cm³/mol. The minimum Gasteiger partial charge on any atom is -0.493 e. The fraction of sp³-hybridized carbons (Fsp3) is 0.596. The number of anilines is 1. The van der Waals surface area contributed by atoms with Crippen molar-refractivity contribution in [2.24, 2.45) is 5.73 Å². The van der Waals surface area contributed by atoms with Crippen LogP contribution in [-0.4, -0.2) is 166 Å². The van der Waals surface area contributed by atoms with E-state index in [0.29, 0.717) is 50.2 Å². The summed E-state index contributed by atoms with van der Waals surface area (Å²) in [5, 5.41) is 32.7. The van der Waals surface area contributed by atoms with Crippen molar-refractivity contribution in [3.63, 3.8) is 0 Å². The first-order chi connectivity index (χ1) is 33.5. The van der Waals surface area contributed by atoms with E-state index in [1.165, 1.54) is 44.3 Å². The molecule has 3 fully saturated rings. The molecule has 19 nitrogen and oxygen atoms in total. The zero-order valence-electron chi connectivity index (χ0n) is 41.2. The number of methoxy groups -OCH3 is 3. The van der Waals surface area contributed by atoms with Gasteiger partial charge in [-0.15, -0.1) is 0 Å². The van der Waals surface area contributed by atoms with E-state index >= 15 is 0 Å². The molecule has 70 heavy (non-hydrogen) atoms. The van der Waals surface area contributed by atoms with Crippen molar-refractivity contribution >= 4 is 54.9 Å². The number of aliphatic hydroxyl groups is 3. The largest absolute Gasteiger partial charge is 0.493 e. The number of alkyl carbamates (subject to hydrolysis) is 1. The summed E-state index contributed by atoms with van der Waals surface area (Å²) in [5.74, 6) is 8.29. The Kier molecular flexibility index (Phi) is 29.6. The summed E-state index contributed by atoms with van der Waals surface area (Å²) in [6.07, 6.45) is 1.63. The number of carbonyl (C=O) groups excluding carboxylic acids is 3. The van der Waals surface area contributed by atoms with Gasteiger partial charge >= 0.3 is 12.1 Å². The molecule has 0 aromatic heterocycles. The number of Topliss-reactive ketones (excluding diaryl/α,β-unsaturated/α-hetero) is 1. The van der Waals surface area contributed by atoms with Crippen LogP contribution in [0.5, 0.6) is 11.5 Å². The molecule has 23 heteroatoms. The Morgan fingerprint density at radius 2 is 1.69 bits per heavy atom. The number of esters is 1. The lowest BCUT2D eigenvalue weighted by Gasteiger charge is -2.35. The highest BCUT2D eigenvalue weighted by Crippen LogP contribution is 2.34. The van der Waals surface area contributed by atoms with Gasteiger partial charge in [0.15, 0.2) is 17.8 Å². The third-order valence-electron chi connectivity index (χ3n) is 10.6. The number of alkyl halides is 1. The molecular weight excluding hydrogens is 974 g/mol. The number of ketones is 1. The average Bonchev–Trinajstić information content (AvgIpc) is 3.36. The highest BCUT2D eigenvalue weighted by molar-refractivity contribution is 9.09. The summed E-state index contributed by atoms with van der Waals surface area (Å²) in [6, 6.07) is 5.62. The zero-order chi connectivity index (χ0) is 52.3. The molecule has 9 N–H and O–H groups in total. The average molecular weight is 1040 g/mol. The highest BCUT2D eigenvalue weighted by atomic mass is 33.5. The number of aliphatic hydroxyl groups excluding tert-OH is 3. The van der Waals surface area contributed by atoms with Crippen LogP contribution in [-0.2, 0) is 33.2 Å². The number of nitrogens with zero attached hydrogens (tertiary/aromatic N) is 1. The highest BCUT2D eigenvalue weighted by Gasteiger charge is 2.39. The van der Waals surface area contributed by atoms with E-state index in [1.807, 2.05) is 27.5 Å². The number of nitrogen functional groups attached to an aromatic ring is 1. The van der Waals surface area contributed by atoms with Gasteiger partial charge in [0.25, 0.3) is 0 Å². The molecule has 0 radical (unpaired) electrons. The number of allylic oxidation sites excluding steroid dienone is 2. The maximum Gasteiger partial charge on any atom is 0.411 e. The van der Waals surface area contributed by atoms with E-state index in [-0.39, 0.29) is 58.9 Å². The van der Waals surface area contributed by atoms with Gasteiger partial charge in [-0.25, -0.2) is 14.0 Å². The lowest BCUT2D eigenvalue weighted by Crippen LogP contribution is -2.50. The van der Waals surface area contributed by atoms with Crippen LogP contribution in [0.2, 0.25) is 0 Å². The number of fused-ring (bicyclic) bond motifs is 2. The summed E-state index contributed by atoms with van der Waals surface area (Å²) >= 11 is 0. The monoisotopic (exact) mass is 1040 g/mol. The fourth-order valence-electron chi connectivity index (χ4n) is 6.85. The van der Waals surface area contributed by atoms with Crippen molar-refractivity contribution in [2.45, 2.75) is 115 Å². The Balaban J connectivity index is 0.000000335. The van der Waals surface area contributed by atoms with Gasteiger partial charge in [-0.1, -0.05) is 59.8 Å². The molecule has 6 rings (SSSR count). The van der Waals surface area contributed by atoms with Crippen LogP contribution in [0.1, 0.15) is 63.7 Å². The topological polar surface area (TPSA) is 265 Å². The first kappa shape index (κ1) is 61.9. The second kappa shape index (κ2) is 33.4. The summed E-state index contributed by atoms with van der Waals surface area (Å²) in [7, 11) is 10.6. The summed E-state index contributed by atoms with van der Waals surface area (Å²) in [5.41, 5.74) is 12.1. The lowest BCUT2D eigenvalue weighted by atomic mass is 9.95. The maximum atomic E-state index is 13.5. The van der Waals surface area contributed by atoms with Gasteiger partial charge in [-0.2, -0.15) is 0 Å². The molecule has 0 aliphatic carbocycles. The first-order valence-electron chi connectivity index (χ1n) is 22.3. The number of nitrogens with two attached hydrogens (primary N) is 2. The number of carbonyl (C=O) groups is 3. The van der Waals surface area contributed by atoms with Crippen LogP contribution in [0.4, 0.5) is 14.9 Å². The Bertz CT molecular complexity index is 2020. The van der Waals surface area contributed by atoms with Crippen LogP contribution in [0.15, 0.2) is 47.8 Å². The summed E-state index contributed by atoms with van der Waals surface area (Å²) in [6.45, 7) is 14.2. The number of hydrogen-bond donors (Lipinski definition) is 7. The van der Waals surface area contributed by atoms with Crippen molar-refractivity contribution in [1.82, 2.24) is 15.5 Å². The normalized spacial score (nSPS) is 27.1. The predicted octanol–water partition coefficient (Wildman–Crippen LogP) is 4.06. The molecule has 9 unspecified atom stereocenters. The maximum absolute atomic E-state index is 13.5. The van der Waals surface area contributed by atoms with Gasteiger partial charge in [0.1, 0.15) is 24.1 Å². The van der Waals surface area contributed by atoms with E-state index in [0.717, 1.165) is 38.5 Å². The minimum absolute atomic E-state index is 0.0437. The number of amides is 1. The second-order valence-electron chi connectivity index (χ2n) is 15.2. The van der Waals surface area contributed by atoms with Crippen LogP contribution in [0.25, 0.3) is 0 Å². The number of nitrogens with one attached hydrogen (secondary N) is 2. The van der Waals surface area contributed by atoms with Crippen molar-refractivity contribution in [3.05, 3.63) is 53.4 Å². The Labute approximate surface area is 422 Å². The van der Waals surface area contributed by atoms with Gasteiger partial charge in [0.2, 0.25) is 12.0 Å². The van der Waals surface area contributed by atoms with Crippen molar-refractivity contribution in [2.75, 3.05) is 72.5 Å². The minimum atomic E-state index is -1.66.